The molecule has 0 saturated heterocycles. The average molecular weight is 680 g/mol. The van der Waals surface area contributed by atoms with Crippen LogP contribution in [-0.2, 0) is 6.42 Å². The van der Waals surface area contributed by atoms with Gasteiger partial charge >= 0.3 is 5.97 Å². The molecular formula is C46H49NO4. The highest BCUT2D eigenvalue weighted by atomic mass is 16.5. The van der Waals surface area contributed by atoms with Crippen molar-refractivity contribution in [3.05, 3.63) is 138 Å². The molecule has 0 aromatic heterocycles. The van der Waals surface area contributed by atoms with Gasteiger partial charge in [0.15, 0.2) is 0 Å². The number of hydrogen-bond donors (Lipinski definition) is 0. The van der Waals surface area contributed by atoms with E-state index in [2.05, 4.69) is 56.3 Å². The molecule has 0 spiro atoms. The standard InChI is InChI=1S/C46H49NO4/c1-3-35(2)33-36-11-15-38(16-12-36)41-21-29-45(30-22-41)51-46(48)42-23-27-44(28-24-42)50-32-10-8-6-4-5-7-9-31-49-43-25-19-40(20-26-43)39-17-13-37(34-47)14-18-39/h11-30,35H,3-10,31-33H2,1-2H3/t35-/m1/s1. The highest BCUT2D eigenvalue weighted by molar-refractivity contribution is 5.91. The summed E-state index contributed by atoms with van der Waals surface area (Å²) in [6.07, 6.45) is 10.2. The van der Waals surface area contributed by atoms with Crippen LogP contribution in [0.2, 0.25) is 0 Å². The zero-order valence-electron chi connectivity index (χ0n) is 30.0. The first-order valence-corrected chi connectivity index (χ1v) is 18.4. The Labute approximate surface area is 303 Å². The monoisotopic (exact) mass is 679 g/mol. The molecule has 0 N–H and O–H groups in total. The van der Waals surface area contributed by atoms with E-state index >= 15 is 0 Å². The fourth-order valence-corrected chi connectivity index (χ4v) is 5.90. The van der Waals surface area contributed by atoms with Crippen molar-refractivity contribution in [2.75, 3.05) is 13.2 Å². The van der Waals surface area contributed by atoms with E-state index in [4.69, 9.17) is 19.5 Å². The zero-order chi connectivity index (χ0) is 35.7. The summed E-state index contributed by atoms with van der Waals surface area (Å²) >= 11 is 0. The van der Waals surface area contributed by atoms with Crippen molar-refractivity contribution in [2.45, 2.75) is 71.6 Å². The van der Waals surface area contributed by atoms with Crippen LogP contribution < -0.4 is 14.2 Å². The zero-order valence-corrected chi connectivity index (χ0v) is 30.0. The van der Waals surface area contributed by atoms with Crippen molar-refractivity contribution in [3.63, 3.8) is 0 Å². The SMILES string of the molecule is CC[C@@H](C)Cc1ccc(-c2ccc(OC(=O)c3ccc(OCCCCCCCCCOc4ccc(-c5ccc(C#N)cc5)cc4)cc3)cc2)cc1. The van der Waals surface area contributed by atoms with Crippen molar-refractivity contribution in [1.29, 1.82) is 5.26 Å². The predicted octanol–water partition coefficient (Wildman–Crippen LogP) is 11.9. The third-order valence-electron chi connectivity index (χ3n) is 9.25. The number of rotatable bonds is 19. The summed E-state index contributed by atoms with van der Waals surface area (Å²) in [5.74, 6) is 2.47. The van der Waals surface area contributed by atoms with Crippen LogP contribution in [0.15, 0.2) is 121 Å². The van der Waals surface area contributed by atoms with Gasteiger partial charge in [0.05, 0.1) is 30.4 Å². The van der Waals surface area contributed by atoms with Crippen LogP contribution in [0.5, 0.6) is 17.2 Å². The van der Waals surface area contributed by atoms with Crippen molar-refractivity contribution >= 4 is 5.97 Å². The van der Waals surface area contributed by atoms with Gasteiger partial charge < -0.3 is 14.2 Å². The summed E-state index contributed by atoms with van der Waals surface area (Å²) in [5.41, 5.74) is 6.96. The fourth-order valence-electron chi connectivity index (χ4n) is 5.90. The summed E-state index contributed by atoms with van der Waals surface area (Å²) in [4.78, 5) is 12.7. The second-order valence-electron chi connectivity index (χ2n) is 13.2. The normalized spacial score (nSPS) is 11.4. The van der Waals surface area contributed by atoms with Gasteiger partial charge in [-0.05, 0) is 114 Å². The van der Waals surface area contributed by atoms with E-state index in [1.54, 1.807) is 12.1 Å². The smallest absolute Gasteiger partial charge is 0.343 e. The van der Waals surface area contributed by atoms with E-state index in [1.165, 1.54) is 31.2 Å². The molecule has 5 nitrogen and oxygen atoms in total. The van der Waals surface area contributed by atoms with Gasteiger partial charge in [-0.15, -0.1) is 0 Å². The van der Waals surface area contributed by atoms with Gasteiger partial charge in [-0.25, -0.2) is 4.79 Å². The van der Waals surface area contributed by atoms with Gasteiger partial charge in [-0.1, -0.05) is 113 Å². The fraction of sp³-hybridized carbons (Fsp3) is 0.304. The number of esters is 1. The number of carbonyl (C=O) groups excluding carboxylic acids is 1. The first-order valence-electron chi connectivity index (χ1n) is 18.4. The first kappa shape index (κ1) is 36.9. The molecule has 262 valence electrons. The molecule has 5 rings (SSSR count). The third kappa shape index (κ3) is 11.9. The lowest BCUT2D eigenvalue weighted by Gasteiger charge is -2.10. The van der Waals surface area contributed by atoms with E-state index in [9.17, 15) is 4.79 Å². The lowest BCUT2D eigenvalue weighted by atomic mass is 9.97. The molecule has 5 aromatic rings. The Morgan fingerprint density at radius 1 is 0.569 bits per heavy atom. The number of benzene rings is 5. The van der Waals surface area contributed by atoms with E-state index in [-0.39, 0.29) is 5.97 Å². The molecule has 51 heavy (non-hydrogen) atoms. The third-order valence-corrected chi connectivity index (χ3v) is 9.25. The highest BCUT2D eigenvalue weighted by Crippen LogP contribution is 2.26. The van der Waals surface area contributed by atoms with Crippen LogP contribution in [0, 0.1) is 17.2 Å². The molecule has 0 aliphatic rings. The van der Waals surface area contributed by atoms with Gasteiger partial charge in [0.1, 0.15) is 17.2 Å². The van der Waals surface area contributed by atoms with Crippen molar-refractivity contribution in [2.24, 2.45) is 5.92 Å². The first-order chi connectivity index (χ1) is 25.0. The molecule has 5 heteroatoms. The maximum atomic E-state index is 12.7. The maximum absolute atomic E-state index is 12.7. The van der Waals surface area contributed by atoms with Crippen LogP contribution in [0.3, 0.4) is 0 Å². The second kappa shape index (κ2) is 19.7. The Bertz CT molecular complexity index is 1800. The summed E-state index contributed by atoms with van der Waals surface area (Å²) in [7, 11) is 0. The van der Waals surface area contributed by atoms with Crippen LogP contribution >= 0.6 is 0 Å². The van der Waals surface area contributed by atoms with Crippen molar-refractivity contribution in [1.82, 2.24) is 0 Å². The molecule has 0 fully saturated rings. The number of nitriles is 1. The van der Waals surface area contributed by atoms with E-state index in [0.29, 0.717) is 29.4 Å². The minimum atomic E-state index is -0.384. The molecule has 0 aliphatic heterocycles. The molecule has 0 amide bonds. The lowest BCUT2D eigenvalue weighted by molar-refractivity contribution is 0.0734. The van der Waals surface area contributed by atoms with Gasteiger partial charge in [0, 0.05) is 0 Å². The van der Waals surface area contributed by atoms with Gasteiger partial charge in [0.25, 0.3) is 0 Å². The van der Waals surface area contributed by atoms with E-state index in [0.717, 1.165) is 72.5 Å². The Balaban J connectivity index is 0.900. The summed E-state index contributed by atoms with van der Waals surface area (Å²) in [6.45, 7) is 5.90. The lowest BCUT2D eigenvalue weighted by Crippen LogP contribution is -2.08. The Hall–Kier alpha value is -5.34. The minimum absolute atomic E-state index is 0.384. The second-order valence-corrected chi connectivity index (χ2v) is 13.2. The van der Waals surface area contributed by atoms with Gasteiger partial charge in [0.2, 0.25) is 0 Å². The van der Waals surface area contributed by atoms with E-state index < -0.39 is 0 Å². The van der Waals surface area contributed by atoms with Gasteiger partial charge in [-0.3, -0.25) is 0 Å². The van der Waals surface area contributed by atoms with Crippen LogP contribution in [0.25, 0.3) is 22.3 Å². The molecule has 0 bridgehead atoms. The van der Waals surface area contributed by atoms with Crippen molar-refractivity contribution < 1.29 is 19.0 Å². The highest BCUT2D eigenvalue weighted by Gasteiger charge is 2.10. The molecule has 1 atom stereocenters. The molecule has 5 aromatic carbocycles. The number of nitrogens with zero attached hydrogens (tertiary/aromatic N) is 1. The summed E-state index contributed by atoms with van der Waals surface area (Å²) in [6, 6.07) is 41.4. The Morgan fingerprint density at radius 3 is 1.45 bits per heavy atom. The van der Waals surface area contributed by atoms with Crippen LogP contribution in [0.1, 0.15) is 86.7 Å². The number of ether oxygens (including phenoxy) is 3. The molecule has 0 saturated carbocycles. The number of unbranched alkanes of at least 4 members (excludes halogenated alkanes) is 6. The van der Waals surface area contributed by atoms with Crippen LogP contribution in [0.4, 0.5) is 0 Å². The number of carbonyl (C=O) groups is 1. The summed E-state index contributed by atoms with van der Waals surface area (Å²) in [5, 5.41) is 8.97. The molecule has 0 heterocycles. The minimum Gasteiger partial charge on any atom is -0.494 e. The van der Waals surface area contributed by atoms with Crippen LogP contribution in [-0.4, -0.2) is 19.2 Å². The van der Waals surface area contributed by atoms with Crippen molar-refractivity contribution in [3.8, 4) is 45.6 Å². The predicted molar refractivity (Wildman–Crippen MR) is 206 cm³/mol. The molecule has 0 unspecified atom stereocenters. The van der Waals surface area contributed by atoms with E-state index in [1.807, 2.05) is 72.8 Å². The molecule has 0 aliphatic carbocycles. The number of hydrogen-bond acceptors (Lipinski definition) is 5. The Morgan fingerprint density at radius 2 is 0.980 bits per heavy atom. The molecule has 0 radical (unpaired) electrons. The topological polar surface area (TPSA) is 68.6 Å². The largest absolute Gasteiger partial charge is 0.494 e. The maximum Gasteiger partial charge on any atom is 0.343 e. The molecular weight excluding hydrogens is 631 g/mol. The summed E-state index contributed by atoms with van der Waals surface area (Å²) < 4.78 is 17.5. The average Bonchev–Trinajstić information content (AvgIpc) is 3.18. The quantitative estimate of drug-likeness (QED) is 0.0493. The Kier molecular flexibility index (Phi) is 14.3. The van der Waals surface area contributed by atoms with Gasteiger partial charge in [-0.2, -0.15) is 5.26 Å².